The molecule has 0 radical (unpaired) electrons. The highest BCUT2D eigenvalue weighted by Gasteiger charge is 2.32. The van der Waals surface area contributed by atoms with Crippen LogP contribution in [0.4, 0.5) is 13.2 Å². The lowest BCUT2D eigenvalue weighted by molar-refractivity contribution is 0.141. The van der Waals surface area contributed by atoms with E-state index in [1.165, 1.54) is 51.4 Å². The zero-order valence-electron chi connectivity index (χ0n) is 20.5. The normalized spacial score (nSPS) is 33.8. The Kier molecular flexibility index (Phi) is 8.99. The Bertz CT molecular complexity index is 761. The first-order valence-corrected chi connectivity index (χ1v) is 13.7. The molecule has 0 atom stereocenters. The Morgan fingerprint density at radius 3 is 1.91 bits per heavy atom. The van der Waals surface area contributed by atoms with Crippen LogP contribution in [0.5, 0.6) is 0 Å². The number of benzene rings is 1. The predicted octanol–water partition coefficient (Wildman–Crippen LogP) is 9.62. The minimum absolute atomic E-state index is 0.00921. The monoisotopic (exact) mass is 460 g/mol. The van der Waals surface area contributed by atoms with Crippen molar-refractivity contribution >= 4 is 0 Å². The number of hydrogen-bond donors (Lipinski definition) is 0. The van der Waals surface area contributed by atoms with Crippen LogP contribution in [0.25, 0.3) is 0 Å². The van der Waals surface area contributed by atoms with Crippen LogP contribution in [0.3, 0.4) is 0 Å². The molecule has 3 saturated carbocycles. The molecule has 0 nitrogen and oxygen atoms in total. The Morgan fingerprint density at radius 1 is 0.818 bits per heavy atom. The van der Waals surface area contributed by atoms with Gasteiger partial charge in [-0.1, -0.05) is 37.8 Å². The van der Waals surface area contributed by atoms with E-state index in [2.05, 4.69) is 6.07 Å². The van der Waals surface area contributed by atoms with Gasteiger partial charge >= 0.3 is 0 Å². The molecule has 0 unspecified atom stereocenters. The molecule has 0 N–H and O–H groups in total. The number of allylic oxidation sites excluding steroid dienone is 2. The quantitative estimate of drug-likeness (QED) is 0.380. The van der Waals surface area contributed by atoms with Crippen LogP contribution < -0.4 is 0 Å². The fourth-order valence-electron chi connectivity index (χ4n) is 7.25. The van der Waals surface area contributed by atoms with Crippen molar-refractivity contribution in [1.29, 1.82) is 0 Å². The number of aryl methyl sites for hydroxylation is 1. The Balaban J connectivity index is 1.13. The third-order valence-corrected chi connectivity index (χ3v) is 9.42. The number of hydrogen-bond acceptors (Lipinski definition) is 0. The van der Waals surface area contributed by atoms with Gasteiger partial charge in [0.25, 0.3) is 0 Å². The van der Waals surface area contributed by atoms with E-state index in [-0.39, 0.29) is 17.6 Å². The summed E-state index contributed by atoms with van der Waals surface area (Å²) >= 11 is 0. The van der Waals surface area contributed by atoms with Crippen LogP contribution in [-0.2, 0) is 0 Å². The van der Waals surface area contributed by atoms with E-state index >= 15 is 0 Å². The first kappa shape index (κ1) is 24.9. The molecule has 3 aliphatic carbocycles. The molecule has 0 spiro atoms. The summed E-state index contributed by atoms with van der Waals surface area (Å²) < 4.78 is 40.6. The summed E-state index contributed by atoms with van der Waals surface area (Å²) in [5, 5.41) is 0. The van der Waals surface area contributed by atoms with E-state index in [1.807, 2.05) is 13.0 Å². The summed E-state index contributed by atoms with van der Waals surface area (Å²) in [6.45, 7) is 1.28. The van der Waals surface area contributed by atoms with Crippen molar-refractivity contribution in [3.8, 4) is 0 Å². The Hall–Kier alpha value is -1.25. The maximum absolute atomic E-state index is 14.3. The van der Waals surface area contributed by atoms with Gasteiger partial charge in [-0.2, -0.15) is 0 Å². The van der Waals surface area contributed by atoms with Crippen molar-refractivity contribution < 1.29 is 13.2 Å². The van der Waals surface area contributed by atoms with Gasteiger partial charge in [0.05, 0.1) is 0 Å². The van der Waals surface area contributed by atoms with Crippen molar-refractivity contribution in [2.24, 2.45) is 29.6 Å². The van der Waals surface area contributed by atoms with Crippen LogP contribution in [0, 0.1) is 42.3 Å². The van der Waals surface area contributed by atoms with Gasteiger partial charge in [0.2, 0.25) is 0 Å². The molecule has 0 heterocycles. The lowest BCUT2D eigenvalue weighted by Crippen LogP contribution is -2.26. The average molecular weight is 461 g/mol. The molecule has 33 heavy (non-hydrogen) atoms. The molecular weight excluding hydrogens is 417 g/mol. The summed E-state index contributed by atoms with van der Waals surface area (Å²) in [6.07, 6.45) is 18.1. The second kappa shape index (κ2) is 11.9. The molecule has 184 valence electrons. The standard InChI is InChI=1S/C30H43F3/c1-21-2-17-28(30(33)20-21)26-11-7-23(8-12-26)4-3-22-5-9-24(10-6-22)25-13-15-27(16-14-25)29(32)18-19-31/h2,17-18,20,22-27H,3-16,19H2,1H3/b29-18-. The van der Waals surface area contributed by atoms with Crippen LogP contribution in [0.15, 0.2) is 30.1 Å². The average Bonchev–Trinajstić information content (AvgIpc) is 2.84. The predicted molar refractivity (Wildman–Crippen MR) is 131 cm³/mol. The van der Waals surface area contributed by atoms with Crippen LogP contribution in [-0.4, -0.2) is 6.67 Å². The second-order valence-corrected chi connectivity index (χ2v) is 11.5. The molecule has 1 aromatic carbocycles. The van der Waals surface area contributed by atoms with Gasteiger partial charge in [-0.05, 0) is 124 Å². The van der Waals surface area contributed by atoms with Gasteiger partial charge in [-0.15, -0.1) is 0 Å². The SMILES string of the molecule is Cc1ccc(C2CCC(CCC3CCC(C4CCC(/C(F)=C/CF)CC4)CC3)CC2)c(F)c1. The van der Waals surface area contributed by atoms with E-state index in [9.17, 15) is 13.2 Å². The third-order valence-electron chi connectivity index (χ3n) is 9.42. The van der Waals surface area contributed by atoms with Crippen molar-refractivity contribution in [2.75, 3.05) is 6.67 Å². The van der Waals surface area contributed by atoms with Crippen LogP contribution >= 0.6 is 0 Å². The lowest BCUT2D eigenvalue weighted by atomic mass is 9.68. The van der Waals surface area contributed by atoms with Gasteiger partial charge in [0.1, 0.15) is 18.3 Å². The molecule has 0 saturated heterocycles. The fraction of sp³-hybridized carbons (Fsp3) is 0.733. The van der Waals surface area contributed by atoms with E-state index in [0.29, 0.717) is 5.92 Å². The summed E-state index contributed by atoms with van der Waals surface area (Å²) in [5.41, 5.74) is 1.94. The van der Waals surface area contributed by atoms with E-state index in [4.69, 9.17) is 0 Å². The minimum Gasteiger partial charge on any atom is -0.246 e. The van der Waals surface area contributed by atoms with Gasteiger partial charge in [-0.25, -0.2) is 13.2 Å². The summed E-state index contributed by atoms with van der Waals surface area (Å²) in [4.78, 5) is 0. The molecule has 3 aliphatic rings. The number of halogens is 3. The molecular formula is C30H43F3. The van der Waals surface area contributed by atoms with Crippen molar-refractivity contribution in [1.82, 2.24) is 0 Å². The molecule has 0 amide bonds. The van der Waals surface area contributed by atoms with Gasteiger partial charge in [0.15, 0.2) is 0 Å². The topological polar surface area (TPSA) is 0 Å². The molecule has 3 fully saturated rings. The maximum Gasteiger partial charge on any atom is 0.126 e. The zero-order chi connectivity index (χ0) is 23.2. The smallest absolute Gasteiger partial charge is 0.126 e. The highest BCUT2D eigenvalue weighted by Crippen LogP contribution is 2.45. The van der Waals surface area contributed by atoms with Crippen LogP contribution in [0.1, 0.15) is 107 Å². The Labute approximate surface area is 199 Å². The maximum atomic E-state index is 14.3. The van der Waals surface area contributed by atoms with Crippen molar-refractivity contribution in [2.45, 2.75) is 103 Å². The van der Waals surface area contributed by atoms with Crippen molar-refractivity contribution in [3.63, 3.8) is 0 Å². The first-order valence-electron chi connectivity index (χ1n) is 13.7. The fourth-order valence-corrected chi connectivity index (χ4v) is 7.25. The first-order chi connectivity index (χ1) is 16.0. The molecule has 0 bridgehead atoms. The molecule has 4 rings (SSSR count). The third kappa shape index (κ3) is 6.67. The summed E-state index contributed by atoms with van der Waals surface area (Å²) in [5.74, 6) is 3.47. The number of rotatable bonds is 7. The molecule has 0 aliphatic heterocycles. The van der Waals surface area contributed by atoms with Crippen LogP contribution in [0.2, 0.25) is 0 Å². The van der Waals surface area contributed by atoms with E-state index in [1.54, 1.807) is 6.07 Å². The molecule has 3 heteroatoms. The molecule has 0 aromatic heterocycles. The minimum atomic E-state index is -0.678. The zero-order valence-corrected chi connectivity index (χ0v) is 20.5. The lowest BCUT2D eigenvalue weighted by Gasteiger charge is -2.38. The van der Waals surface area contributed by atoms with E-state index < -0.39 is 6.67 Å². The number of alkyl halides is 1. The molecule has 1 aromatic rings. The second-order valence-electron chi connectivity index (χ2n) is 11.5. The highest BCUT2D eigenvalue weighted by atomic mass is 19.1. The summed E-state index contributed by atoms with van der Waals surface area (Å²) in [6, 6.07) is 5.75. The Morgan fingerprint density at radius 2 is 1.36 bits per heavy atom. The summed E-state index contributed by atoms with van der Waals surface area (Å²) in [7, 11) is 0. The van der Waals surface area contributed by atoms with Gasteiger partial charge in [-0.3, -0.25) is 0 Å². The van der Waals surface area contributed by atoms with Crippen molar-refractivity contribution in [3.05, 3.63) is 47.0 Å². The van der Waals surface area contributed by atoms with E-state index in [0.717, 1.165) is 79.4 Å². The van der Waals surface area contributed by atoms with Gasteiger partial charge in [0, 0.05) is 5.92 Å². The largest absolute Gasteiger partial charge is 0.246 e. The van der Waals surface area contributed by atoms with Gasteiger partial charge < -0.3 is 0 Å². The highest BCUT2D eigenvalue weighted by molar-refractivity contribution is 5.26.